The molecule has 0 spiro atoms. The van der Waals surface area contributed by atoms with Gasteiger partial charge in [-0.3, -0.25) is 0 Å². The van der Waals surface area contributed by atoms with E-state index in [0.717, 1.165) is 6.54 Å². The zero-order valence-corrected chi connectivity index (χ0v) is 10.7. The van der Waals surface area contributed by atoms with Gasteiger partial charge in [0.2, 0.25) is 0 Å². The van der Waals surface area contributed by atoms with E-state index in [1.807, 2.05) is 0 Å². The Hall–Kier alpha value is -2.20. The van der Waals surface area contributed by atoms with Crippen LogP contribution >= 0.6 is 0 Å². The summed E-state index contributed by atoms with van der Waals surface area (Å²) in [6.07, 6.45) is 1.46. The summed E-state index contributed by atoms with van der Waals surface area (Å²) in [5.74, 6) is 0.119. The highest BCUT2D eigenvalue weighted by atomic mass is 16.5. The number of nitrogens with one attached hydrogen (secondary N) is 1. The molecule has 19 heavy (non-hydrogen) atoms. The standard InChI is InChI=1S/C12H15N5O2/c1-2-19-12(18)10-8-14-5-6-17(10)11-9(7-13)3-4-15-16-11/h3-4,10,14H,2,5-6,8H2,1H3. The molecule has 0 aromatic carbocycles. The van der Waals surface area contributed by atoms with Crippen molar-refractivity contribution in [3.05, 3.63) is 17.8 Å². The lowest BCUT2D eigenvalue weighted by molar-refractivity contribution is -0.144. The van der Waals surface area contributed by atoms with Gasteiger partial charge in [0, 0.05) is 19.6 Å². The fraction of sp³-hybridized carbons (Fsp3) is 0.500. The van der Waals surface area contributed by atoms with Gasteiger partial charge in [-0.05, 0) is 13.0 Å². The van der Waals surface area contributed by atoms with Crippen molar-refractivity contribution in [3.63, 3.8) is 0 Å². The van der Waals surface area contributed by atoms with E-state index >= 15 is 0 Å². The van der Waals surface area contributed by atoms with E-state index in [9.17, 15) is 4.79 Å². The van der Waals surface area contributed by atoms with E-state index in [1.54, 1.807) is 17.9 Å². The summed E-state index contributed by atoms with van der Waals surface area (Å²) in [5.41, 5.74) is 0.409. The molecule has 0 bridgehead atoms. The molecule has 0 amide bonds. The largest absolute Gasteiger partial charge is 0.464 e. The number of ether oxygens (including phenoxy) is 1. The van der Waals surface area contributed by atoms with Crippen molar-refractivity contribution in [3.8, 4) is 6.07 Å². The molecule has 2 heterocycles. The minimum Gasteiger partial charge on any atom is -0.464 e. The monoisotopic (exact) mass is 261 g/mol. The molecule has 100 valence electrons. The summed E-state index contributed by atoms with van der Waals surface area (Å²) in [6, 6.07) is 3.18. The summed E-state index contributed by atoms with van der Waals surface area (Å²) in [7, 11) is 0. The number of nitrogens with zero attached hydrogens (tertiary/aromatic N) is 4. The average molecular weight is 261 g/mol. The van der Waals surface area contributed by atoms with Crippen LogP contribution in [0.5, 0.6) is 0 Å². The number of hydrogen-bond donors (Lipinski definition) is 1. The molecule has 2 rings (SSSR count). The first-order valence-electron chi connectivity index (χ1n) is 6.13. The van der Waals surface area contributed by atoms with Gasteiger partial charge in [-0.1, -0.05) is 0 Å². The first kappa shape index (κ1) is 13.2. The van der Waals surface area contributed by atoms with Crippen molar-refractivity contribution in [2.45, 2.75) is 13.0 Å². The van der Waals surface area contributed by atoms with Gasteiger partial charge >= 0.3 is 5.97 Å². The topological polar surface area (TPSA) is 91.1 Å². The maximum atomic E-state index is 11.9. The van der Waals surface area contributed by atoms with Crippen LogP contribution in [-0.4, -0.2) is 48.4 Å². The Morgan fingerprint density at radius 2 is 2.58 bits per heavy atom. The Balaban J connectivity index is 2.29. The van der Waals surface area contributed by atoms with E-state index < -0.39 is 6.04 Å². The normalized spacial score (nSPS) is 18.7. The second kappa shape index (κ2) is 6.11. The highest BCUT2D eigenvalue weighted by Crippen LogP contribution is 2.19. The Morgan fingerprint density at radius 3 is 3.32 bits per heavy atom. The van der Waals surface area contributed by atoms with E-state index in [4.69, 9.17) is 10.00 Å². The summed E-state index contributed by atoms with van der Waals surface area (Å²) in [6.45, 7) is 3.87. The highest BCUT2D eigenvalue weighted by molar-refractivity contribution is 5.81. The van der Waals surface area contributed by atoms with Gasteiger partial charge in [0.05, 0.1) is 18.4 Å². The highest BCUT2D eigenvalue weighted by Gasteiger charge is 2.32. The van der Waals surface area contributed by atoms with E-state index in [1.165, 1.54) is 6.20 Å². The first-order valence-corrected chi connectivity index (χ1v) is 6.13. The molecule has 1 saturated heterocycles. The lowest BCUT2D eigenvalue weighted by atomic mass is 10.1. The molecule has 1 fully saturated rings. The molecule has 0 aliphatic carbocycles. The van der Waals surface area contributed by atoms with Crippen LogP contribution in [-0.2, 0) is 9.53 Å². The lowest BCUT2D eigenvalue weighted by Crippen LogP contribution is -2.56. The minimum atomic E-state index is -0.475. The summed E-state index contributed by atoms with van der Waals surface area (Å²) in [4.78, 5) is 13.7. The smallest absolute Gasteiger partial charge is 0.330 e. The molecule has 1 aromatic heterocycles. The fourth-order valence-electron chi connectivity index (χ4n) is 2.03. The van der Waals surface area contributed by atoms with Crippen molar-refractivity contribution < 1.29 is 9.53 Å². The molecular weight excluding hydrogens is 246 g/mol. The van der Waals surface area contributed by atoms with Crippen LogP contribution in [0, 0.1) is 11.3 Å². The Labute approximate surface area is 111 Å². The molecule has 0 saturated carbocycles. The molecule has 1 aliphatic rings. The van der Waals surface area contributed by atoms with Crippen LogP contribution in [0.3, 0.4) is 0 Å². The number of hydrogen-bond acceptors (Lipinski definition) is 7. The molecule has 7 heteroatoms. The van der Waals surface area contributed by atoms with Crippen LogP contribution in [0.15, 0.2) is 12.3 Å². The van der Waals surface area contributed by atoms with Gasteiger partial charge in [0.1, 0.15) is 12.1 Å². The third-order valence-electron chi connectivity index (χ3n) is 2.90. The van der Waals surface area contributed by atoms with Gasteiger partial charge in [0.15, 0.2) is 5.82 Å². The number of nitriles is 1. The van der Waals surface area contributed by atoms with Crippen LogP contribution in [0.1, 0.15) is 12.5 Å². The van der Waals surface area contributed by atoms with Gasteiger partial charge in [-0.25, -0.2) is 4.79 Å². The second-order valence-corrected chi connectivity index (χ2v) is 4.05. The molecule has 1 aliphatic heterocycles. The molecule has 0 radical (unpaired) electrons. The second-order valence-electron chi connectivity index (χ2n) is 4.05. The maximum Gasteiger partial charge on any atom is 0.330 e. The molecular formula is C12H15N5O2. The van der Waals surface area contributed by atoms with Gasteiger partial charge in [-0.15, -0.1) is 5.10 Å². The predicted molar refractivity (Wildman–Crippen MR) is 67.4 cm³/mol. The van der Waals surface area contributed by atoms with Gasteiger partial charge in [0.25, 0.3) is 0 Å². The number of carbonyl (C=O) groups excluding carboxylic acids is 1. The third kappa shape index (κ3) is 2.80. The molecule has 1 aromatic rings. The van der Waals surface area contributed by atoms with Gasteiger partial charge < -0.3 is 15.0 Å². The van der Waals surface area contributed by atoms with Gasteiger partial charge in [-0.2, -0.15) is 10.4 Å². The summed E-state index contributed by atoms with van der Waals surface area (Å²) < 4.78 is 5.05. The Bertz CT molecular complexity index is 499. The zero-order chi connectivity index (χ0) is 13.7. The quantitative estimate of drug-likeness (QED) is 0.746. The van der Waals surface area contributed by atoms with E-state index in [-0.39, 0.29) is 5.97 Å². The molecule has 1 N–H and O–H groups in total. The zero-order valence-electron chi connectivity index (χ0n) is 10.7. The molecule has 1 unspecified atom stereocenters. The lowest BCUT2D eigenvalue weighted by Gasteiger charge is -2.35. The molecule has 7 nitrogen and oxygen atoms in total. The van der Waals surface area contributed by atoms with Crippen LogP contribution < -0.4 is 10.2 Å². The van der Waals surface area contributed by atoms with Crippen molar-refractivity contribution in [1.82, 2.24) is 15.5 Å². The number of piperazine rings is 1. The Kier molecular flexibility index (Phi) is 4.26. The number of aromatic nitrogens is 2. The molecule has 1 atom stereocenters. The maximum absolute atomic E-state index is 11.9. The number of esters is 1. The van der Waals surface area contributed by atoms with Crippen LogP contribution in [0.25, 0.3) is 0 Å². The van der Waals surface area contributed by atoms with Crippen LogP contribution in [0.4, 0.5) is 5.82 Å². The average Bonchev–Trinajstić information content (AvgIpc) is 2.47. The van der Waals surface area contributed by atoms with Crippen molar-refractivity contribution >= 4 is 11.8 Å². The predicted octanol–water partition coefficient (Wildman–Crippen LogP) is -0.310. The van der Waals surface area contributed by atoms with Crippen molar-refractivity contribution in [2.75, 3.05) is 31.1 Å². The number of anilines is 1. The van der Waals surface area contributed by atoms with Crippen LogP contribution in [0.2, 0.25) is 0 Å². The first-order chi connectivity index (χ1) is 9.27. The SMILES string of the molecule is CCOC(=O)C1CNCCN1c1nnccc1C#N. The van der Waals surface area contributed by atoms with E-state index in [0.29, 0.717) is 31.1 Å². The Morgan fingerprint density at radius 1 is 1.74 bits per heavy atom. The third-order valence-corrected chi connectivity index (χ3v) is 2.90. The summed E-state index contributed by atoms with van der Waals surface area (Å²) in [5, 5.41) is 20.0. The van der Waals surface area contributed by atoms with E-state index in [2.05, 4.69) is 21.6 Å². The minimum absolute atomic E-state index is 0.316. The fourth-order valence-corrected chi connectivity index (χ4v) is 2.03. The van der Waals surface area contributed by atoms with Crippen molar-refractivity contribution in [2.24, 2.45) is 0 Å². The van der Waals surface area contributed by atoms with Crippen molar-refractivity contribution in [1.29, 1.82) is 5.26 Å². The summed E-state index contributed by atoms with van der Waals surface area (Å²) >= 11 is 0. The number of carbonyl (C=O) groups is 1. The number of rotatable bonds is 3.